The van der Waals surface area contributed by atoms with Gasteiger partial charge in [-0.1, -0.05) is 24.6 Å². The molecule has 1 aromatic carbocycles. The van der Waals surface area contributed by atoms with Crippen LogP contribution in [0.1, 0.15) is 19.2 Å². The van der Waals surface area contributed by atoms with Crippen LogP contribution in [0.2, 0.25) is 5.02 Å². The summed E-state index contributed by atoms with van der Waals surface area (Å²) in [7, 11) is 0. The molecule has 6 heteroatoms. The number of para-hydroxylation sites is 1. The first-order chi connectivity index (χ1) is 8.74. The van der Waals surface area contributed by atoms with Crippen LogP contribution in [-0.4, -0.2) is 21.3 Å². The van der Waals surface area contributed by atoms with Crippen LogP contribution in [0.25, 0.3) is 5.69 Å². The second-order valence-electron chi connectivity index (χ2n) is 3.84. The Morgan fingerprint density at radius 3 is 3.00 bits per heavy atom. The van der Waals surface area contributed by atoms with Gasteiger partial charge in [0.2, 0.25) is 0 Å². The maximum absolute atomic E-state index is 13.8. The summed E-state index contributed by atoms with van der Waals surface area (Å²) in [6.45, 7) is 3.47. The van der Waals surface area contributed by atoms with E-state index in [0.717, 1.165) is 13.0 Å². The summed E-state index contributed by atoms with van der Waals surface area (Å²) >= 11 is 6.01. The first-order valence-electron chi connectivity index (χ1n) is 5.78. The Hall–Kier alpha value is -1.46. The zero-order chi connectivity index (χ0) is 13.0. The summed E-state index contributed by atoms with van der Waals surface area (Å²) in [5.41, 5.74) is 0.241. The van der Waals surface area contributed by atoms with Crippen LogP contribution in [0, 0.1) is 5.82 Å². The molecule has 0 unspecified atom stereocenters. The third kappa shape index (κ3) is 2.68. The van der Waals surface area contributed by atoms with Gasteiger partial charge < -0.3 is 5.32 Å². The molecule has 2 aromatic rings. The molecule has 0 aliphatic carbocycles. The van der Waals surface area contributed by atoms with Crippen molar-refractivity contribution in [1.82, 2.24) is 20.1 Å². The van der Waals surface area contributed by atoms with Crippen molar-refractivity contribution in [1.29, 1.82) is 0 Å². The molecule has 4 nitrogen and oxygen atoms in total. The molecular weight excluding hydrogens is 255 g/mol. The van der Waals surface area contributed by atoms with E-state index >= 15 is 0 Å². The van der Waals surface area contributed by atoms with Crippen molar-refractivity contribution in [3.05, 3.63) is 41.2 Å². The fraction of sp³-hybridized carbons (Fsp3) is 0.333. The number of nitrogens with zero attached hydrogens (tertiary/aromatic N) is 3. The molecule has 1 N–H and O–H groups in total. The Labute approximate surface area is 110 Å². The molecule has 0 bridgehead atoms. The van der Waals surface area contributed by atoms with Gasteiger partial charge in [0.25, 0.3) is 0 Å². The van der Waals surface area contributed by atoms with Crippen LogP contribution in [-0.2, 0) is 6.54 Å². The van der Waals surface area contributed by atoms with Gasteiger partial charge in [0.05, 0.1) is 11.6 Å². The van der Waals surface area contributed by atoms with Crippen molar-refractivity contribution in [3.63, 3.8) is 0 Å². The van der Waals surface area contributed by atoms with Gasteiger partial charge in [0.15, 0.2) is 0 Å². The van der Waals surface area contributed by atoms with E-state index in [1.54, 1.807) is 12.1 Å². The van der Waals surface area contributed by atoms with Crippen molar-refractivity contribution in [3.8, 4) is 5.69 Å². The fourth-order valence-electron chi connectivity index (χ4n) is 1.64. The predicted octanol–water partition coefficient (Wildman–Crippen LogP) is 2.56. The summed E-state index contributed by atoms with van der Waals surface area (Å²) in [5.74, 6) is 0.222. The molecule has 0 aliphatic heterocycles. The van der Waals surface area contributed by atoms with Crippen molar-refractivity contribution in [2.75, 3.05) is 6.54 Å². The summed E-state index contributed by atoms with van der Waals surface area (Å²) in [4.78, 5) is 4.11. The van der Waals surface area contributed by atoms with Gasteiger partial charge in [-0.15, -0.1) is 0 Å². The van der Waals surface area contributed by atoms with Gasteiger partial charge in [0, 0.05) is 0 Å². The molecule has 0 amide bonds. The van der Waals surface area contributed by atoms with Gasteiger partial charge >= 0.3 is 0 Å². The van der Waals surface area contributed by atoms with E-state index in [2.05, 4.69) is 22.3 Å². The highest BCUT2D eigenvalue weighted by Gasteiger charge is 2.13. The molecule has 18 heavy (non-hydrogen) atoms. The Balaban J connectivity index is 2.31. The van der Waals surface area contributed by atoms with Crippen molar-refractivity contribution < 1.29 is 4.39 Å². The molecule has 0 fully saturated rings. The van der Waals surface area contributed by atoms with Gasteiger partial charge in [0.1, 0.15) is 23.7 Å². The number of halogens is 2. The predicted molar refractivity (Wildman–Crippen MR) is 68.3 cm³/mol. The molecular formula is C12H14ClFN4. The third-order valence-electron chi connectivity index (χ3n) is 2.48. The number of hydrogen-bond acceptors (Lipinski definition) is 3. The van der Waals surface area contributed by atoms with Gasteiger partial charge in [-0.25, -0.2) is 14.1 Å². The standard InChI is InChI=1S/C12H14ClFN4/c1-2-6-15-7-11-16-8-17-18(11)12-9(13)4-3-5-10(12)14/h3-5,8,15H,2,6-7H2,1H3. The molecule has 0 atom stereocenters. The molecule has 96 valence electrons. The zero-order valence-electron chi connectivity index (χ0n) is 10.0. The molecule has 1 heterocycles. The first kappa shape index (κ1) is 13.0. The van der Waals surface area contributed by atoms with Crippen LogP contribution >= 0.6 is 11.6 Å². The molecule has 2 rings (SSSR count). The highest BCUT2D eigenvalue weighted by atomic mass is 35.5. The lowest BCUT2D eigenvalue weighted by Crippen LogP contribution is -2.18. The molecule has 0 aliphatic rings. The highest BCUT2D eigenvalue weighted by Crippen LogP contribution is 2.23. The minimum absolute atomic E-state index is 0.241. The molecule has 0 saturated heterocycles. The summed E-state index contributed by atoms with van der Waals surface area (Å²) < 4.78 is 15.2. The number of hydrogen-bond donors (Lipinski definition) is 1. The topological polar surface area (TPSA) is 42.7 Å². The Morgan fingerprint density at radius 1 is 1.44 bits per heavy atom. The third-order valence-corrected chi connectivity index (χ3v) is 2.78. The van der Waals surface area contributed by atoms with Crippen molar-refractivity contribution in [2.24, 2.45) is 0 Å². The Bertz CT molecular complexity index is 506. The second-order valence-corrected chi connectivity index (χ2v) is 4.24. The van der Waals surface area contributed by atoms with E-state index in [9.17, 15) is 4.39 Å². The monoisotopic (exact) mass is 268 g/mol. The van der Waals surface area contributed by atoms with Crippen LogP contribution in [0.3, 0.4) is 0 Å². The van der Waals surface area contributed by atoms with E-state index in [1.807, 2.05) is 0 Å². The Kier molecular flexibility index (Phi) is 4.28. The molecule has 0 radical (unpaired) electrons. The summed E-state index contributed by atoms with van der Waals surface area (Å²) in [6.07, 6.45) is 2.42. The number of benzene rings is 1. The quantitative estimate of drug-likeness (QED) is 0.848. The van der Waals surface area contributed by atoms with Crippen molar-refractivity contribution in [2.45, 2.75) is 19.9 Å². The average Bonchev–Trinajstić information content (AvgIpc) is 2.78. The lowest BCUT2D eigenvalue weighted by molar-refractivity contribution is 0.592. The van der Waals surface area contributed by atoms with E-state index in [-0.39, 0.29) is 5.69 Å². The minimum atomic E-state index is -0.412. The van der Waals surface area contributed by atoms with E-state index < -0.39 is 5.82 Å². The average molecular weight is 269 g/mol. The van der Waals surface area contributed by atoms with E-state index in [1.165, 1.54) is 17.1 Å². The van der Waals surface area contributed by atoms with Gasteiger partial charge in [-0.2, -0.15) is 5.10 Å². The number of nitrogens with one attached hydrogen (secondary N) is 1. The highest BCUT2D eigenvalue weighted by molar-refractivity contribution is 6.32. The van der Waals surface area contributed by atoms with Crippen LogP contribution in [0.15, 0.2) is 24.5 Å². The Morgan fingerprint density at radius 2 is 2.28 bits per heavy atom. The normalized spacial score (nSPS) is 10.8. The lowest BCUT2D eigenvalue weighted by atomic mass is 10.3. The minimum Gasteiger partial charge on any atom is -0.310 e. The zero-order valence-corrected chi connectivity index (χ0v) is 10.8. The largest absolute Gasteiger partial charge is 0.310 e. The fourth-order valence-corrected chi connectivity index (χ4v) is 1.88. The van der Waals surface area contributed by atoms with Crippen LogP contribution in [0.4, 0.5) is 4.39 Å². The first-order valence-corrected chi connectivity index (χ1v) is 6.15. The lowest BCUT2D eigenvalue weighted by Gasteiger charge is -2.09. The maximum Gasteiger partial charge on any atom is 0.150 e. The van der Waals surface area contributed by atoms with Crippen LogP contribution < -0.4 is 5.32 Å². The SMILES string of the molecule is CCCNCc1ncnn1-c1c(F)cccc1Cl. The maximum atomic E-state index is 13.8. The smallest absolute Gasteiger partial charge is 0.150 e. The van der Waals surface area contributed by atoms with Gasteiger partial charge in [-0.05, 0) is 25.1 Å². The van der Waals surface area contributed by atoms with Crippen molar-refractivity contribution >= 4 is 11.6 Å². The number of aromatic nitrogens is 3. The van der Waals surface area contributed by atoms with E-state index in [4.69, 9.17) is 11.6 Å². The molecule has 1 aromatic heterocycles. The summed E-state index contributed by atoms with van der Waals surface area (Å²) in [5, 5.41) is 7.54. The van der Waals surface area contributed by atoms with Crippen LogP contribution in [0.5, 0.6) is 0 Å². The summed E-state index contributed by atoms with van der Waals surface area (Å²) in [6, 6.07) is 4.55. The molecule has 0 spiro atoms. The van der Waals surface area contributed by atoms with Gasteiger partial charge in [-0.3, -0.25) is 0 Å². The van der Waals surface area contributed by atoms with E-state index in [0.29, 0.717) is 17.4 Å². The second kappa shape index (κ2) is 5.93. The molecule has 0 saturated carbocycles. The number of rotatable bonds is 5.